The number of aryl methyl sites for hydroxylation is 2. The molecule has 1 aromatic rings. The molecule has 1 aliphatic carbocycles. The number of aromatic nitrogens is 2. The Morgan fingerprint density at radius 3 is 2.68 bits per heavy atom. The monoisotopic (exact) mass is 282 g/mol. The van der Waals surface area contributed by atoms with Gasteiger partial charge in [-0.15, -0.1) is 0 Å². The van der Waals surface area contributed by atoms with E-state index >= 15 is 0 Å². The van der Waals surface area contributed by atoms with Gasteiger partial charge in [0.05, 0.1) is 17.4 Å². The smallest absolute Gasteiger partial charge is 0.134 e. The Morgan fingerprint density at radius 2 is 2.21 bits per heavy atom. The van der Waals surface area contributed by atoms with E-state index in [4.69, 9.17) is 22.7 Å². The first-order valence-corrected chi connectivity index (χ1v) is 6.82. The summed E-state index contributed by atoms with van der Waals surface area (Å²) < 4.78 is 7.28. The minimum absolute atomic E-state index is 0.0837. The minimum atomic E-state index is 0.0837. The Bertz CT molecular complexity index is 509. The lowest BCUT2D eigenvalue weighted by molar-refractivity contribution is -0.0796. The van der Waals surface area contributed by atoms with Gasteiger partial charge in [0.2, 0.25) is 0 Å². The van der Waals surface area contributed by atoms with Crippen LogP contribution in [-0.2, 0) is 11.8 Å². The summed E-state index contributed by atoms with van der Waals surface area (Å²) in [5.74, 6) is 0.901. The van der Waals surface area contributed by atoms with Crippen molar-refractivity contribution in [2.45, 2.75) is 39.3 Å². The number of thiocarbonyl (C=S) groups is 1. The van der Waals surface area contributed by atoms with Crippen molar-refractivity contribution in [3.8, 4) is 0 Å². The van der Waals surface area contributed by atoms with Crippen LogP contribution in [0.4, 0.5) is 5.82 Å². The Balaban J connectivity index is 2.24. The second-order valence-electron chi connectivity index (χ2n) is 5.78. The van der Waals surface area contributed by atoms with Crippen LogP contribution in [0.3, 0.4) is 0 Å². The fraction of sp³-hybridized carbons (Fsp3) is 0.692. The summed E-state index contributed by atoms with van der Waals surface area (Å²) in [7, 11) is 3.66. The number of ether oxygens (including phenoxy) is 1. The molecule has 1 aliphatic rings. The van der Waals surface area contributed by atoms with Crippen LogP contribution in [0, 0.1) is 12.3 Å². The maximum absolute atomic E-state index is 5.80. The molecule has 19 heavy (non-hydrogen) atoms. The molecule has 0 amide bonds. The zero-order valence-corrected chi connectivity index (χ0v) is 13.0. The van der Waals surface area contributed by atoms with E-state index in [1.807, 2.05) is 14.0 Å². The molecular formula is C13H22N4OS. The number of rotatable bonds is 4. The molecule has 106 valence electrons. The number of hydrogen-bond donors (Lipinski definition) is 2. The highest BCUT2D eigenvalue weighted by Gasteiger charge is 2.49. The molecule has 2 rings (SSSR count). The molecule has 5 nitrogen and oxygen atoms in total. The summed E-state index contributed by atoms with van der Waals surface area (Å²) in [6.45, 7) is 6.32. The van der Waals surface area contributed by atoms with Crippen molar-refractivity contribution >= 4 is 23.0 Å². The molecule has 2 unspecified atom stereocenters. The number of hydrogen-bond acceptors (Lipinski definition) is 4. The highest BCUT2D eigenvalue weighted by Crippen LogP contribution is 2.44. The van der Waals surface area contributed by atoms with Crippen LogP contribution >= 0.6 is 12.2 Å². The Hall–Kier alpha value is -1.14. The van der Waals surface area contributed by atoms with Gasteiger partial charge in [0.1, 0.15) is 10.8 Å². The molecule has 2 atom stereocenters. The first-order valence-electron chi connectivity index (χ1n) is 6.41. The average Bonchev–Trinajstić information content (AvgIpc) is 2.58. The lowest BCUT2D eigenvalue weighted by Gasteiger charge is -2.51. The lowest BCUT2D eigenvalue weighted by atomic mass is 9.64. The largest absolute Gasteiger partial charge is 0.389 e. The van der Waals surface area contributed by atoms with E-state index in [1.54, 1.807) is 11.8 Å². The van der Waals surface area contributed by atoms with Gasteiger partial charge < -0.3 is 15.8 Å². The van der Waals surface area contributed by atoms with Crippen LogP contribution in [0.15, 0.2) is 0 Å². The number of nitrogens with zero attached hydrogens (tertiary/aromatic N) is 2. The Labute approximate surface area is 119 Å². The van der Waals surface area contributed by atoms with E-state index in [2.05, 4.69) is 24.3 Å². The Kier molecular flexibility index (Phi) is 3.57. The molecule has 1 saturated carbocycles. The van der Waals surface area contributed by atoms with Gasteiger partial charge in [-0.3, -0.25) is 4.68 Å². The first-order chi connectivity index (χ1) is 8.78. The summed E-state index contributed by atoms with van der Waals surface area (Å²) in [5.41, 5.74) is 7.58. The maximum atomic E-state index is 5.80. The van der Waals surface area contributed by atoms with Gasteiger partial charge in [-0.25, -0.2) is 0 Å². The molecular weight excluding hydrogens is 260 g/mol. The summed E-state index contributed by atoms with van der Waals surface area (Å²) in [6, 6.07) is 0.334. The van der Waals surface area contributed by atoms with E-state index < -0.39 is 0 Å². The maximum Gasteiger partial charge on any atom is 0.134 e. The van der Waals surface area contributed by atoms with Crippen LogP contribution in [0.2, 0.25) is 0 Å². The van der Waals surface area contributed by atoms with Gasteiger partial charge in [-0.2, -0.15) is 5.10 Å². The van der Waals surface area contributed by atoms with Crippen molar-refractivity contribution in [1.29, 1.82) is 0 Å². The van der Waals surface area contributed by atoms with Gasteiger partial charge in [-0.1, -0.05) is 26.1 Å². The predicted octanol–water partition coefficient (Wildman–Crippen LogP) is 1.59. The summed E-state index contributed by atoms with van der Waals surface area (Å²) in [4.78, 5) is 0.383. The highest BCUT2D eigenvalue weighted by molar-refractivity contribution is 7.80. The molecule has 0 spiro atoms. The fourth-order valence-corrected chi connectivity index (χ4v) is 3.06. The molecule has 1 fully saturated rings. The van der Waals surface area contributed by atoms with Crippen molar-refractivity contribution < 1.29 is 4.74 Å². The molecule has 6 heteroatoms. The fourth-order valence-electron chi connectivity index (χ4n) is 2.81. The van der Waals surface area contributed by atoms with Crippen LogP contribution < -0.4 is 11.1 Å². The third-order valence-corrected chi connectivity index (χ3v) is 4.45. The predicted molar refractivity (Wildman–Crippen MR) is 80.4 cm³/mol. The molecule has 1 heterocycles. The number of methoxy groups -OCH3 is 1. The van der Waals surface area contributed by atoms with Crippen LogP contribution in [0.1, 0.15) is 31.5 Å². The topological polar surface area (TPSA) is 65.1 Å². The zero-order chi connectivity index (χ0) is 14.4. The molecule has 3 N–H and O–H groups in total. The molecule has 0 aliphatic heterocycles. The van der Waals surface area contributed by atoms with E-state index in [9.17, 15) is 0 Å². The van der Waals surface area contributed by atoms with Crippen molar-refractivity contribution in [2.75, 3.05) is 12.4 Å². The lowest BCUT2D eigenvalue weighted by Crippen LogP contribution is -2.58. The van der Waals surface area contributed by atoms with E-state index in [1.165, 1.54) is 0 Å². The summed E-state index contributed by atoms with van der Waals surface area (Å²) in [5, 5.41) is 7.91. The van der Waals surface area contributed by atoms with Gasteiger partial charge in [0.15, 0.2) is 0 Å². The Morgan fingerprint density at radius 1 is 1.58 bits per heavy atom. The van der Waals surface area contributed by atoms with Crippen molar-refractivity contribution in [1.82, 2.24) is 9.78 Å². The molecule has 0 bridgehead atoms. The number of nitrogens with one attached hydrogen (secondary N) is 1. The third-order valence-electron chi connectivity index (χ3n) is 4.24. The van der Waals surface area contributed by atoms with Crippen LogP contribution in [0.25, 0.3) is 0 Å². The highest BCUT2D eigenvalue weighted by atomic mass is 32.1. The number of anilines is 1. The third kappa shape index (κ3) is 2.23. The second-order valence-corrected chi connectivity index (χ2v) is 6.22. The van der Waals surface area contributed by atoms with Crippen molar-refractivity contribution in [3.05, 3.63) is 11.3 Å². The van der Waals surface area contributed by atoms with E-state index in [0.29, 0.717) is 11.0 Å². The number of nitrogens with two attached hydrogens (primary N) is 1. The normalized spacial score (nSPS) is 24.9. The van der Waals surface area contributed by atoms with Gasteiger partial charge in [-0.05, 0) is 13.3 Å². The van der Waals surface area contributed by atoms with Crippen LogP contribution in [-0.4, -0.2) is 34.0 Å². The average molecular weight is 282 g/mol. The quantitative estimate of drug-likeness (QED) is 0.821. The SMILES string of the molecule is COC1CC(Nc2c(C(N)=S)c(C)nn2C)C1(C)C. The second kappa shape index (κ2) is 4.76. The summed E-state index contributed by atoms with van der Waals surface area (Å²) in [6.07, 6.45) is 1.26. The van der Waals surface area contributed by atoms with Crippen molar-refractivity contribution in [3.63, 3.8) is 0 Å². The first kappa shape index (κ1) is 14.3. The molecule has 0 aromatic carbocycles. The minimum Gasteiger partial charge on any atom is -0.389 e. The van der Waals surface area contributed by atoms with Gasteiger partial charge in [0, 0.05) is 25.6 Å². The van der Waals surface area contributed by atoms with E-state index in [-0.39, 0.29) is 11.5 Å². The molecule has 0 saturated heterocycles. The van der Waals surface area contributed by atoms with Crippen molar-refractivity contribution in [2.24, 2.45) is 18.2 Å². The van der Waals surface area contributed by atoms with Gasteiger partial charge >= 0.3 is 0 Å². The molecule has 1 aromatic heterocycles. The summed E-state index contributed by atoms with van der Waals surface area (Å²) >= 11 is 5.12. The standard InChI is InChI=1S/C13H22N4OS/c1-7-10(11(14)19)12(17(4)16-7)15-8-6-9(18-5)13(8,2)3/h8-9,15H,6H2,1-5H3,(H2,14,19). The van der Waals surface area contributed by atoms with Crippen LogP contribution in [0.5, 0.6) is 0 Å². The van der Waals surface area contributed by atoms with E-state index in [0.717, 1.165) is 23.5 Å². The van der Waals surface area contributed by atoms with Gasteiger partial charge in [0.25, 0.3) is 0 Å². The molecule has 0 radical (unpaired) electrons. The zero-order valence-electron chi connectivity index (χ0n) is 12.2.